The number of piperazine rings is 1. The number of benzene rings is 1. The summed E-state index contributed by atoms with van der Waals surface area (Å²) in [6.07, 6.45) is 1.04. The van der Waals surface area contributed by atoms with Gasteiger partial charge in [0.15, 0.2) is 11.5 Å². The molecule has 1 heterocycles. The molecule has 1 aromatic rings. The van der Waals surface area contributed by atoms with Crippen LogP contribution in [-0.2, 0) is 6.42 Å². The number of rotatable bonds is 5. The van der Waals surface area contributed by atoms with Crippen molar-refractivity contribution >= 4 is 0 Å². The van der Waals surface area contributed by atoms with Crippen molar-refractivity contribution in [3.63, 3.8) is 0 Å². The standard InChI is InChI=1S/C16H26N2O2/c1-16(2)12-18(10-8-17-16)9-7-13-5-6-14(19-3)15(11-13)20-4/h5-6,11,17H,7-10,12H2,1-4H3. The fourth-order valence-electron chi connectivity index (χ4n) is 2.76. The molecule has 112 valence electrons. The smallest absolute Gasteiger partial charge is 0.160 e. The van der Waals surface area contributed by atoms with Crippen LogP contribution in [0.4, 0.5) is 0 Å². The Hall–Kier alpha value is -1.26. The predicted octanol–water partition coefficient (Wildman–Crippen LogP) is 1.93. The van der Waals surface area contributed by atoms with Crippen molar-refractivity contribution in [3.8, 4) is 11.5 Å². The van der Waals surface area contributed by atoms with Crippen LogP contribution in [0, 0.1) is 0 Å². The Morgan fingerprint density at radius 3 is 2.60 bits per heavy atom. The van der Waals surface area contributed by atoms with Gasteiger partial charge in [-0.15, -0.1) is 0 Å². The van der Waals surface area contributed by atoms with Crippen molar-refractivity contribution < 1.29 is 9.47 Å². The Balaban J connectivity index is 1.93. The van der Waals surface area contributed by atoms with Crippen molar-refractivity contribution in [1.82, 2.24) is 10.2 Å². The summed E-state index contributed by atoms with van der Waals surface area (Å²) in [5.41, 5.74) is 1.51. The molecule has 4 heteroatoms. The molecule has 2 rings (SSSR count). The molecular weight excluding hydrogens is 252 g/mol. The molecule has 1 aliphatic rings. The maximum absolute atomic E-state index is 5.35. The number of hydrogen-bond acceptors (Lipinski definition) is 4. The highest BCUT2D eigenvalue weighted by Crippen LogP contribution is 2.27. The average Bonchev–Trinajstić information content (AvgIpc) is 2.43. The third-order valence-corrected chi connectivity index (χ3v) is 3.82. The lowest BCUT2D eigenvalue weighted by Crippen LogP contribution is -2.57. The van der Waals surface area contributed by atoms with E-state index in [1.54, 1.807) is 14.2 Å². The summed E-state index contributed by atoms with van der Waals surface area (Å²) in [6, 6.07) is 6.18. The normalized spacial score (nSPS) is 18.8. The van der Waals surface area contributed by atoms with E-state index in [9.17, 15) is 0 Å². The fourth-order valence-corrected chi connectivity index (χ4v) is 2.76. The van der Waals surface area contributed by atoms with E-state index in [-0.39, 0.29) is 5.54 Å². The predicted molar refractivity (Wildman–Crippen MR) is 81.8 cm³/mol. The zero-order valence-corrected chi connectivity index (χ0v) is 13.0. The zero-order valence-electron chi connectivity index (χ0n) is 13.0. The first-order chi connectivity index (χ1) is 9.54. The van der Waals surface area contributed by atoms with E-state index in [0.717, 1.165) is 44.1 Å². The summed E-state index contributed by atoms with van der Waals surface area (Å²) >= 11 is 0. The second kappa shape index (κ2) is 6.46. The highest BCUT2D eigenvalue weighted by atomic mass is 16.5. The van der Waals surface area contributed by atoms with Crippen molar-refractivity contribution in [3.05, 3.63) is 23.8 Å². The molecule has 0 bridgehead atoms. The van der Waals surface area contributed by atoms with Crippen LogP contribution in [0.15, 0.2) is 18.2 Å². The van der Waals surface area contributed by atoms with Crippen LogP contribution in [0.2, 0.25) is 0 Å². The maximum atomic E-state index is 5.35. The van der Waals surface area contributed by atoms with Gasteiger partial charge in [-0.3, -0.25) is 4.90 Å². The van der Waals surface area contributed by atoms with E-state index in [2.05, 4.69) is 36.2 Å². The molecule has 0 amide bonds. The Morgan fingerprint density at radius 2 is 1.95 bits per heavy atom. The minimum absolute atomic E-state index is 0.218. The van der Waals surface area contributed by atoms with E-state index in [1.807, 2.05) is 6.07 Å². The van der Waals surface area contributed by atoms with Crippen LogP contribution in [0.1, 0.15) is 19.4 Å². The number of hydrogen-bond donors (Lipinski definition) is 1. The van der Waals surface area contributed by atoms with Crippen molar-refractivity contribution in [2.45, 2.75) is 25.8 Å². The largest absolute Gasteiger partial charge is 0.493 e. The van der Waals surface area contributed by atoms with Crippen molar-refractivity contribution in [2.24, 2.45) is 0 Å². The van der Waals surface area contributed by atoms with E-state index in [4.69, 9.17) is 9.47 Å². The van der Waals surface area contributed by atoms with Gasteiger partial charge in [0.25, 0.3) is 0 Å². The highest BCUT2D eigenvalue weighted by molar-refractivity contribution is 5.42. The van der Waals surface area contributed by atoms with Crippen molar-refractivity contribution in [2.75, 3.05) is 40.4 Å². The first-order valence-electron chi connectivity index (χ1n) is 7.22. The number of nitrogens with zero attached hydrogens (tertiary/aromatic N) is 1. The van der Waals surface area contributed by atoms with Gasteiger partial charge in [0.05, 0.1) is 14.2 Å². The molecule has 1 aliphatic heterocycles. The molecule has 20 heavy (non-hydrogen) atoms. The molecule has 1 N–H and O–H groups in total. The summed E-state index contributed by atoms with van der Waals surface area (Å²) in [7, 11) is 3.35. The van der Waals surface area contributed by atoms with Crippen LogP contribution in [0.5, 0.6) is 11.5 Å². The third-order valence-electron chi connectivity index (χ3n) is 3.82. The van der Waals surface area contributed by atoms with Crippen LogP contribution < -0.4 is 14.8 Å². The first-order valence-corrected chi connectivity index (χ1v) is 7.22. The van der Waals surface area contributed by atoms with E-state index in [0.29, 0.717) is 0 Å². The number of methoxy groups -OCH3 is 2. The van der Waals surface area contributed by atoms with Crippen LogP contribution in [0.3, 0.4) is 0 Å². The Bertz CT molecular complexity index is 446. The lowest BCUT2D eigenvalue weighted by atomic mass is 10.0. The molecule has 0 spiro atoms. The molecule has 0 unspecified atom stereocenters. The Labute approximate surface area is 122 Å². The lowest BCUT2D eigenvalue weighted by molar-refractivity contribution is 0.156. The van der Waals surface area contributed by atoms with Gasteiger partial charge in [-0.2, -0.15) is 0 Å². The third kappa shape index (κ3) is 3.87. The number of nitrogens with one attached hydrogen (secondary N) is 1. The Morgan fingerprint density at radius 1 is 1.20 bits per heavy atom. The zero-order chi connectivity index (χ0) is 14.6. The van der Waals surface area contributed by atoms with Crippen LogP contribution in [0.25, 0.3) is 0 Å². The quantitative estimate of drug-likeness (QED) is 0.892. The van der Waals surface area contributed by atoms with E-state index < -0.39 is 0 Å². The summed E-state index contributed by atoms with van der Waals surface area (Å²) in [4.78, 5) is 2.52. The summed E-state index contributed by atoms with van der Waals surface area (Å²) in [6.45, 7) is 8.89. The van der Waals surface area contributed by atoms with Gasteiger partial charge in [-0.25, -0.2) is 0 Å². The summed E-state index contributed by atoms with van der Waals surface area (Å²) in [5.74, 6) is 1.60. The molecule has 1 aromatic carbocycles. The minimum Gasteiger partial charge on any atom is -0.493 e. The first kappa shape index (κ1) is 15.1. The molecule has 0 atom stereocenters. The van der Waals surface area contributed by atoms with Crippen molar-refractivity contribution in [1.29, 1.82) is 0 Å². The lowest BCUT2D eigenvalue weighted by Gasteiger charge is -2.39. The van der Waals surface area contributed by atoms with Crippen LogP contribution >= 0.6 is 0 Å². The molecule has 0 aliphatic carbocycles. The van der Waals surface area contributed by atoms with Gasteiger partial charge >= 0.3 is 0 Å². The SMILES string of the molecule is COc1ccc(CCN2CCNC(C)(C)C2)cc1OC. The molecule has 1 saturated heterocycles. The van der Waals surface area contributed by atoms with Gasteiger partial charge in [0.2, 0.25) is 0 Å². The van der Waals surface area contributed by atoms with Gasteiger partial charge in [-0.05, 0) is 38.0 Å². The topological polar surface area (TPSA) is 33.7 Å². The van der Waals surface area contributed by atoms with Gasteiger partial charge in [0, 0.05) is 31.7 Å². The van der Waals surface area contributed by atoms with E-state index in [1.165, 1.54) is 5.56 Å². The molecular formula is C16H26N2O2. The molecule has 1 fully saturated rings. The highest BCUT2D eigenvalue weighted by Gasteiger charge is 2.25. The van der Waals surface area contributed by atoms with Gasteiger partial charge < -0.3 is 14.8 Å². The van der Waals surface area contributed by atoms with Crippen LogP contribution in [-0.4, -0.2) is 50.8 Å². The molecule has 0 saturated carbocycles. The molecule has 4 nitrogen and oxygen atoms in total. The van der Waals surface area contributed by atoms with Gasteiger partial charge in [-0.1, -0.05) is 6.07 Å². The number of ether oxygens (including phenoxy) is 2. The summed E-state index contributed by atoms with van der Waals surface area (Å²) in [5, 5.41) is 3.54. The maximum Gasteiger partial charge on any atom is 0.160 e. The second-order valence-electron chi connectivity index (χ2n) is 6.03. The Kier molecular flexibility index (Phi) is 4.89. The molecule has 0 radical (unpaired) electrons. The monoisotopic (exact) mass is 278 g/mol. The second-order valence-corrected chi connectivity index (χ2v) is 6.03. The molecule has 0 aromatic heterocycles. The fraction of sp³-hybridized carbons (Fsp3) is 0.625. The minimum atomic E-state index is 0.218. The van der Waals surface area contributed by atoms with Gasteiger partial charge in [0.1, 0.15) is 0 Å². The van der Waals surface area contributed by atoms with E-state index >= 15 is 0 Å². The summed E-state index contributed by atoms with van der Waals surface area (Å²) < 4.78 is 10.6. The average molecular weight is 278 g/mol.